The number of hydrogen-bond donors (Lipinski definition) is 1. The van der Waals surface area contributed by atoms with E-state index in [1.807, 2.05) is 30.3 Å². The van der Waals surface area contributed by atoms with E-state index in [9.17, 15) is 0 Å². The van der Waals surface area contributed by atoms with Crippen LogP contribution in [0.25, 0.3) is 10.9 Å². The summed E-state index contributed by atoms with van der Waals surface area (Å²) in [5, 5.41) is 8.92. The van der Waals surface area contributed by atoms with Crippen molar-refractivity contribution >= 4 is 16.6 Å². The minimum Gasteiger partial charge on any atom is -0.368 e. The van der Waals surface area contributed by atoms with E-state index >= 15 is 0 Å². The van der Waals surface area contributed by atoms with Crippen LogP contribution in [0.2, 0.25) is 0 Å². The molecular formula is C12H17N5. The molecule has 1 aliphatic rings. The molecule has 5 heteroatoms. The van der Waals surface area contributed by atoms with Crippen molar-refractivity contribution in [3.05, 3.63) is 18.6 Å². The highest BCUT2D eigenvalue weighted by atomic mass is 15.3. The second kappa shape index (κ2) is 4.33. The van der Waals surface area contributed by atoms with E-state index in [0.29, 0.717) is 0 Å². The molecule has 1 N–H and O–H groups in total. The summed E-state index contributed by atoms with van der Waals surface area (Å²) < 4.78 is 1.88. The Kier molecular flexibility index (Phi) is 2.68. The van der Waals surface area contributed by atoms with E-state index in [0.717, 1.165) is 31.7 Å². The monoisotopic (exact) mass is 231 g/mol. The lowest BCUT2D eigenvalue weighted by Crippen LogP contribution is -2.28. The minimum absolute atomic E-state index is 1.04. The van der Waals surface area contributed by atoms with Crippen LogP contribution >= 0.6 is 0 Å². The number of pyridine rings is 1. The summed E-state index contributed by atoms with van der Waals surface area (Å²) in [4.78, 5) is 6.73. The highest BCUT2D eigenvalue weighted by molar-refractivity contribution is 5.90. The number of fused-ring (bicyclic) bond motifs is 1. The highest BCUT2D eigenvalue weighted by Gasteiger charge is 2.14. The number of rotatable bonds is 1. The predicted molar refractivity (Wildman–Crippen MR) is 68.2 cm³/mol. The molecule has 17 heavy (non-hydrogen) atoms. The standard InChI is InChI=1S/C12H17N5/c1-16-11-8-14-9-12(10(11)7-15-16)17-5-2-3-13-4-6-17/h7-9,13H,2-6H2,1H3. The number of nitrogens with one attached hydrogen (secondary N) is 1. The summed E-state index contributed by atoms with van der Waals surface area (Å²) in [6.07, 6.45) is 6.94. The maximum atomic E-state index is 4.33. The fourth-order valence-electron chi connectivity index (χ4n) is 2.38. The Morgan fingerprint density at radius 1 is 1.18 bits per heavy atom. The number of aryl methyl sites for hydroxylation is 1. The lowest BCUT2D eigenvalue weighted by molar-refractivity contribution is 0.724. The molecule has 0 radical (unpaired) electrons. The van der Waals surface area contributed by atoms with Crippen LogP contribution in [0.4, 0.5) is 5.69 Å². The predicted octanol–water partition coefficient (Wildman–Crippen LogP) is 0.768. The van der Waals surface area contributed by atoms with Gasteiger partial charge in [-0.1, -0.05) is 0 Å². The largest absolute Gasteiger partial charge is 0.368 e. The van der Waals surface area contributed by atoms with Gasteiger partial charge in [0.15, 0.2) is 0 Å². The average Bonchev–Trinajstić information content (AvgIpc) is 2.59. The molecule has 0 saturated carbocycles. The van der Waals surface area contributed by atoms with E-state index in [2.05, 4.69) is 20.3 Å². The molecule has 0 aliphatic carbocycles. The van der Waals surface area contributed by atoms with Crippen LogP contribution in [-0.4, -0.2) is 40.9 Å². The van der Waals surface area contributed by atoms with Crippen molar-refractivity contribution in [2.24, 2.45) is 7.05 Å². The van der Waals surface area contributed by atoms with Crippen LogP contribution in [0.1, 0.15) is 6.42 Å². The molecule has 0 spiro atoms. The number of nitrogens with zero attached hydrogens (tertiary/aromatic N) is 4. The van der Waals surface area contributed by atoms with Crippen molar-refractivity contribution in [1.82, 2.24) is 20.1 Å². The maximum absolute atomic E-state index is 4.33. The molecule has 3 heterocycles. The van der Waals surface area contributed by atoms with Crippen molar-refractivity contribution in [2.45, 2.75) is 6.42 Å². The quantitative estimate of drug-likeness (QED) is 0.787. The second-order valence-corrected chi connectivity index (χ2v) is 4.45. The van der Waals surface area contributed by atoms with Gasteiger partial charge in [-0.15, -0.1) is 0 Å². The van der Waals surface area contributed by atoms with Gasteiger partial charge in [-0.05, 0) is 13.0 Å². The van der Waals surface area contributed by atoms with Crippen LogP contribution < -0.4 is 10.2 Å². The zero-order valence-corrected chi connectivity index (χ0v) is 10.1. The van der Waals surface area contributed by atoms with E-state index in [1.165, 1.54) is 17.5 Å². The fourth-order valence-corrected chi connectivity index (χ4v) is 2.38. The lowest BCUT2D eigenvalue weighted by atomic mass is 10.2. The number of aromatic nitrogens is 3. The zero-order valence-electron chi connectivity index (χ0n) is 10.1. The molecule has 1 fully saturated rings. The van der Waals surface area contributed by atoms with E-state index in [-0.39, 0.29) is 0 Å². The maximum Gasteiger partial charge on any atom is 0.0883 e. The lowest BCUT2D eigenvalue weighted by Gasteiger charge is -2.22. The van der Waals surface area contributed by atoms with Gasteiger partial charge < -0.3 is 10.2 Å². The van der Waals surface area contributed by atoms with Crippen LogP contribution in [0, 0.1) is 0 Å². The highest BCUT2D eigenvalue weighted by Crippen LogP contribution is 2.25. The molecule has 0 aromatic carbocycles. The fraction of sp³-hybridized carbons (Fsp3) is 0.500. The molecule has 2 aromatic rings. The molecule has 5 nitrogen and oxygen atoms in total. The van der Waals surface area contributed by atoms with E-state index < -0.39 is 0 Å². The van der Waals surface area contributed by atoms with E-state index in [4.69, 9.17) is 0 Å². The summed E-state index contributed by atoms with van der Waals surface area (Å²) in [6, 6.07) is 0. The Hall–Kier alpha value is -1.62. The Bertz CT molecular complexity index is 511. The first-order valence-corrected chi connectivity index (χ1v) is 6.07. The first kappa shape index (κ1) is 10.5. The summed E-state index contributed by atoms with van der Waals surface area (Å²) in [7, 11) is 1.96. The second-order valence-electron chi connectivity index (χ2n) is 4.45. The van der Waals surface area contributed by atoms with Crippen LogP contribution in [0.3, 0.4) is 0 Å². The van der Waals surface area contributed by atoms with Crippen LogP contribution in [-0.2, 0) is 7.05 Å². The van der Waals surface area contributed by atoms with Crippen molar-refractivity contribution < 1.29 is 0 Å². The molecule has 90 valence electrons. The van der Waals surface area contributed by atoms with Crippen LogP contribution in [0.5, 0.6) is 0 Å². The molecule has 0 bridgehead atoms. The Morgan fingerprint density at radius 3 is 3.06 bits per heavy atom. The number of hydrogen-bond acceptors (Lipinski definition) is 4. The van der Waals surface area contributed by atoms with Crippen molar-refractivity contribution in [1.29, 1.82) is 0 Å². The topological polar surface area (TPSA) is 46.0 Å². The van der Waals surface area contributed by atoms with Gasteiger partial charge >= 0.3 is 0 Å². The van der Waals surface area contributed by atoms with Crippen molar-refractivity contribution in [3.8, 4) is 0 Å². The molecular weight excluding hydrogens is 214 g/mol. The van der Waals surface area contributed by atoms with Gasteiger partial charge in [0.05, 0.1) is 29.8 Å². The molecule has 0 amide bonds. The molecule has 3 rings (SSSR count). The summed E-state index contributed by atoms with van der Waals surface area (Å²) >= 11 is 0. The molecule has 1 saturated heterocycles. The third-order valence-electron chi connectivity index (χ3n) is 3.33. The molecule has 0 atom stereocenters. The van der Waals surface area contributed by atoms with Crippen LogP contribution in [0.15, 0.2) is 18.6 Å². The SMILES string of the molecule is Cn1ncc2c(N3CCCNCC3)cncc21. The summed E-state index contributed by atoms with van der Waals surface area (Å²) in [6.45, 7) is 4.27. The van der Waals surface area contributed by atoms with Gasteiger partial charge in [0, 0.05) is 32.1 Å². The van der Waals surface area contributed by atoms with Crippen molar-refractivity contribution in [2.75, 3.05) is 31.1 Å². The summed E-state index contributed by atoms with van der Waals surface area (Å²) in [5.74, 6) is 0. The Morgan fingerprint density at radius 2 is 2.12 bits per heavy atom. The van der Waals surface area contributed by atoms with E-state index in [1.54, 1.807) is 0 Å². The smallest absolute Gasteiger partial charge is 0.0883 e. The van der Waals surface area contributed by atoms with Gasteiger partial charge in [-0.3, -0.25) is 9.67 Å². The van der Waals surface area contributed by atoms with Gasteiger partial charge in [0.2, 0.25) is 0 Å². The molecule has 0 unspecified atom stereocenters. The molecule has 1 aliphatic heterocycles. The third-order valence-corrected chi connectivity index (χ3v) is 3.33. The van der Waals surface area contributed by atoms with Gasteiger partial charge in [-0.2, -0.15) is 5.10 Å². The van der Waals surface area contributed by atoms with Crippen molar-refractivity contribution in [3.63, 3.8) is 0 Å². The average molecular weight is 231 g/mol. The first-order chi connectivity index (χ1) is 8.36. The first-order valence-electron chi connectivity index (χ1n) is 6.07. The van der Waals surface area contributed by atoms with Gasteiger partial charge in [0.1, 0.15) is 0 Å². The van der Waals surface area contributed by atoms with Gasteiger partial charge in [0.25, 0.3) is 0 Å². The minimum atomic E-state index is 1.04. The third kappa shape index (κ3) is 1.86. The van der Waals surface area contributed by atoms with Gasteiger partial charge in [-0.25, -0.2) is 0 Å². The Balaban J connectivity index is 2.03. The number of anilines is 1. The Labute approximate surface area is 100 Å². The normalized spacial score (nSPS) is 17.4. The zero-order chi connectivity index (χ0) is 11.7. The molecule has 2 aromatic heterocycles. The summed E-state index contributed by atoms with van der Waals surface area (Å²) in [5.41, 5.74) is 2.30.